The maximum Gasteiger partial charge on any atom is 0.203 e. The van der Waals surface area contributed by atoms with Crippen LogP contribution in [0.15, 0.2) is 24.3 Å². The lowest BCUT2D eigenvalue weighted by molar-refractivity contribution is 0.284. The van der Waals surface area contributed by atoms with Gasteiger partial charge in [0.25, 0.3) is 0 Å². The van der Waals surface area contributed by atoms with E-state index in [1.165, 1.54) is 22.3 Å². The number of hydrogen-bond donors (Lipinski definition) is 1. The molecule has 0 bridgehead atoms. The molecule has 158 valence electrons. The van der Waals surface area contributed by atoms with E-state index in [0.29, 0.717) is 17.2 Å². The van der Waals surface area contributed by atoms with E-state index in [4.69, 9.17) is 18.9 Å². The van der Waals surface area contributed by atoms with E-state index >= 15 is 0 Å². The van der Waals surface area contributed by atoms with Crippen LogP contribution in [0.5, 0.6) is 23.0 Å². The second kappa shape index (κ2) is 9.88. The number of aliphatic hydroxyl groups is 1. The maximum atomic E-state index is 9.18. The molecule has 2 aromatic carbocycles. The van der Waals surface area contributed by atoms with Gasteiger partial charge in [0.2, 0.25) is 5.75 Å². The van der Waals surface area contributed by atoms with Gasteiger partial charge in [-0.1, -0.05) is 6.07 Å². The van der Waals surface area contributed by atoms with Crippen molar-refractivity contribution in [3.8, 4) is 23.0 Å². The highest BCUT2D eigenvalue weighted by molar-refractivity contribution is 5.57. The van der Waals surface area contributed by atoms with E-state index in [1.807, 2.05) is 0 Å². The van der Waals surface area contributed by atoms with Crippen LogP contribution in [0.4, 0.5) is 0 Å². The smallest absolute Gasteiger partial charge is 0.203 e. The first-order valence-electron chi connectivity index (χ1n) is 10.3. The molecule has 29 heavy (non-hydrogen) atoms. The normalized spacial score (nSPS) is 15.6. The summed E-state index contributed by atoms with van der Waals surface area (Å²) in [6, 6.07) is 8.42. The molecule has 0 aliphatic heterocycles. The van der Waals surface area contributed by atoms with Crippen LogP contribution in [0.2, 0.25) is 0 Å². The summed E-state index contributed by atoms with van der Waals surface area (Å²) < 4.78 is 22.3. The molecule has 1 atom stereocenters. The fraction of sp³-hybridized carbons (Fsp3) is 0.500. The van der Waals surface area contributed by atoms with Crippen molar-refractivity contribution in [1.82, 2.24) is 0 Å². The van der Waals surface area contributed by atoms with Crippen LogP contribution in [0, 0.1) is 0 Å². The molecule has 5 heteroatoms. The van der Waals surface area contributed by atoms with Crippen LogP contribution in [-0.4, -0.2) is 40.2 Å². The quantitative estimate of drug-likeness (QED) is 0.628. The zero-order valence-electron chi connectivity index (χ0n) is 17.9. The van der Waals surface area contributed by atoms with Gasteiger partial charge in [0.05, 0.1) is 28.4 Å². The van der Waals surface area contributed by atoms with Crippen molar-refractivity contribution in [3.63, 3.8) is 0 Å². The summed E-state index contributed by atoms with van der Waals surface area (Å²) in [5, 5.41) is 9.18. The van der Waals surface area contributed by atoms with Crippen LogP contribution in [0.1, 0.15) is 53.9 Å². The first-order valence-corrected chi connectivity index (χ1v) is 10.3. The number of methoxy groups -OCH3 is 4. The van der Waals surface area contributed by atoms with E-state index in [1.54, 1.807) is 28.4 Å². The number of benzene rings is 2. The topological polar surface area (TPSA) is 57.2 Å². The van der Waals surface area contributed by atoms with Crippen molar-refractivity contribution < 1.29 is 24.1 Å². The maximum absolute atomic E-state index is 9.18. The average Bonchev–Trinajstić information content (AvgIpc) is 2.77. The molecule has 0 spiro atoms. The third kappa shape index (κ3) is 4.30. The Labute approximate surface area is 173 Å². The monoisotopic (exact) mass is 400 g/mol. The molecule has 5 nitrogen and oxygen atoms in total. The molecular weight excluding hydrogens is 368 g/mol. The molecule has 3 rings (SSSR count). The zero-order chi connectivity index (χ0) is 20.8. The average molecular weight is 401 g/mol. The Morgan fingerprint density at radius 3 is 2.17 bits per heavy atom. The predicted molar refractivity (Wildman–Crippen MR) is 114 cm³/mol. The Morgan fingerprint density at radius 1 is 0.897 bits per heavy atom. The first-order chi connectivity index (χ1) is 14.2. The Kier molecular flexibility index (Phi) is 7.26. The van der Waals surface area contributed by atoms with Gasteiger partial charge in [-0.3, -0.25) is 0 Å². The first kappa shape index (κ1) is 21.3. The number of hydrogen-bond acceptors (Lipinski definition) is 5. The highest BCUT2D eigenvalue weighted by Crippen LogP contribution is 2.46. The fourth-order valence-corrected chi connectivity index (χ4v) is 4.48. The van der Waals surface area contributed by atoms with Crippen molar-refractivity contribution >= 4 is 0 Å². The summed E-state index contributed by atoms with van der Waals surface area (Å²) in [6.07, 6.45) is 5.95. The zero-order valence-corrected chi connectivity index (χ0v) is 17.9. The van der Waals surface area contributed by atoms with Gasteiger partial charge in [0, 0.05) is 12.5 Å². The third-order valence-corrected chi connectivity index (χ3v) is 5.86. The second-order valence-electron chi connectivity index (χ2n) is 7.40. The highest BCUT2D eigenvalue weighted by atomic mass is 16.5. The van der Waals surface area contributed by atoms with Crippen molar-refractivity contribution in [2.75, 3.05) is 35.0 Å². The van der Waals surface area contributed by atoms with Crippen LogP contribution in [0.3, 0.4) is 0 Å². The van der Waals surface area contributed by atoms with Crippen LogP contribution in [0.25, 0.3) is 0 Å². The van der Waals surface area contributed by atoms with Gasteiger partial charge < -0.3 is 24.1 Å². The third-order valence-electron chi connectivity index (χ3n) is 5.86. The van der Waals surface area contributed by atoms with Gasteiger partial charge in [-0.15, -0.1) is 0 Å². The molecule has 1 aliphatic rings. The summed E-state index contributed by atoms with van der Waals surface area (Å²) in [5.41, 5.74) is 5.21. The molecule has 0 saturated carbocycles. The van der Waals surface area contributed by atoms with Crippen molar-refractivity contribution in [1.29, 1.82) is 0 Å². The van der Waals surface area contributed by atoms with Gasteiger partial charge >= 0.3 is 0 Å². The lowest BCUT2D eigenvalue weighted by Crippen LogP contribution is -2.14. The van der Waals surface area contributed by atoms with Gasteiger partial charge in [-0.2, -0.15) is 0 Å². The fourth-order valence-electron chi connectivity index (χ4n) is 4.48. The Balaban J connectivity index is 2.06. The SMILES string of the molecule is COc1ccc2c(c1CCCCO)CCCC2c1cc(OC)c(OC)c(OC)c1. The number of rotatable bonds is 9. The van der Waals surface area contributed by atoms with Gasteiger partial charge in [-0.05, 0) is 79.0 Å². The minimum absolute atomic E-state index is 0.228. The summed E-state index contributed by atoms with van der Waals surface area (Å²) in [4.78, 5) is 0. The molecule has 0 fully saturated rings. The van der Waals surface area contributed by atoms with Gasteiger partial charge in [0.1, 0.15) is 5.75 Å². The number of ether oxygens (including phenoxy) is 4. The minimum atomic E-state index is 0.228. The molecule has 0 amide bonds. The molecule has 0 saturated heterocycles. The van der Waals surface area contributed by atoms with Crippen LogP contribution in [-0.2, 0) is 12.8 Å². The molecule has 2 aromatic rings. The Bertz CT molecular complexity index is 805. The number of fused-ring (bicyclic) bond motifs is 1. The van der Waals surface area contributed by atoms with Gasteiger partial charge in [0.15, 0.2) is 11.5 Å². The molecule has 1 unspecified atom stereocenters. The molecule has 1 aliphatic carbocycles. The number of unbranched alkanes of at least 4 members (excludes halogenated alkanes) is 1. The predicted octanol–water partition coefficient (Wildman–Crippen LogP) is 4.50. The lowest BCUT2D eigenvalue weighted by atomic mass is 9.76. The molecule has 1 N–H and O–H groups in total. The van der Waals surface area contributed by atoms with Crippen molar-refractivity contribution in [2.45, 2.75) is 44.4 Å². The van der Waals surface area contributed by atoms with E-state index in [-0.39, 0.29) is 12.5 Å². The van der Waals surface area contributed by atoms with E-state index in [9.17, 15) is 5.11 Å². The van der Waals surface area contributed by atoms with Crippen molar-refractivity contribution in [2.24, 2.45) is 0 Å². The number of aliphatic hydroxyl groups excluding tert-OH is 1. The molecular formula is C24H32O5. The summed E-state index contributed by atoms with van der Waals surface area (Å²) >= 11 is 0. The standard InChI is InChI=1S/C24H32O5/c1-26-21-12-11-19-17(9-7-10-18(19)20(21)8-5-6-13-25)16-14-22(27-2)24(29-4)23(15-16)28-3/h11-12,14-15,17,25H,5-10,13H2,1-4H3. The summed E-state index contributed by atoms with van der Waals surface area (Å²) in [6.45, 7) is 0.228. The van der Waals surface area contributed by atoms with Crippen molar-refractivity contribution in [3.05, 3.63) is 46.5 Å². The summed E-state index contributed by atoms with van der Waals surface area (Å²) in [5.74, 6) is 3.22. The highest BCUT2D eigenvalue weighted by Gasteiger charge is 2.27. The Hall–Kier alpha value is -2.40. The molecule has 0 heterocycles. The second-order valence-corrected chi connectivity index (χ2v) is 7.40. The Morgan fingerprint density at radius 2 is 1.59 bits per heavy atom. The van der Waals surface area contributed by atoms with Gasteiger partial charge in [-0.25, -0.2) is 0 Å². The lowest BCUT2D eigenvalue weighted by Gasteiger charge is -2.29. The van der Waals surface area contributed by atoms with E-state index in [0.717, 1.165) is 44.3 Å². The summed E-state index contributed by atoms with van der Waals surface area (Å²) in [7, 11) is 6.66. The van der Waals surface area contributed by atoms with E-state index < -0.39 is 0 Å². The largest absolute Gasteiger partial charge is 0.496 e. The molecule has 0 aromatic heterocycles. The van der Waals surface area contributed by atoms with Crippen LogP contribution < -0.4 is 18.9 Å². The minimum Gasteiger partial charge on any atom is -0.496 e. The van der Waals surface area contributed by atoms with E-state index in [2.05, 4.69) is 24.3 Å². The molecule has 0 radical (unpaired) electrons. The van der Waals surface area contributed by atoms with Crippen LogP contribution >= 0.6 is 0 Å².